The van der Waals surface area contributed by atoms with Crippen molar-refractivity contribution in [3.8, 4) is 5.75 Å². The first-order valence-electron chi connectivity index (χ1n) is 8.25. The van der Waals surface area contributed by atoms with Gasteiger partial charge in [-0.05, 0) is 55.2 Å². The number of benzene rings is 1. The van der Waals surface area contributed by atoms with Gasteiger partial charge in [0.15, 0.2) is 0 Å². The van der Waals surface area contributed by atoms with Crippen LogP contribution in [0.5, 0.6) is 5.75 Å². The van der Waals surface area contributed by atoms with Crippen LogP contribution >= 0.6 is 0 Å². The molecular weight excluding hydrogens is 302 g/mol. The highest BCUT2D eigenvalue weighted by Crippen LogP contribution is 2.26. The first kappa shape index (κ1) is 16.3. The smallest absolute Gasteiger partial charge is 0.244 e. The highest BCUT2D eigenvalue weighted by atomic mass is 16.5. The summed E-state index contributed by atoms with van der Waals surface area (Å²) >= 11 is 0. The molecule has 0 aliphatic carbocycles. The van der Waals surface area contributed by atoms with E-state index in [9.17, 15) is 4.79 Å². The molecule has 3 rings (SSSR count). The Morgan fingerprint density at radius 3 is 3.00 bits per heavy atom. The highest BCUT2D eigenvalue weighted by Gasteiger charge is 2.11. The van der Waals surface area contributed by atoms with Gasteiger partial charge in [-0.25, -0.2) is 0 Å². The molecule has 0 unspecified atom stereocenters. The zero-order valence-electron chi connectivity index (χ0n) is 14.4. The standard InChI is InChI=1S/C19H23N3O2/c1-13-17(14(2)22(3)21-13)8-10-20-19(23)7-5-15-4-6-18-16(12-15)9-11-24-18/h4-7,12H,8-11H2,1-3H3,(H,20,23)/b7-5+. The molecule has 0 fully saturated rings. The summed E-state index contributed by atoms with van der Waals surface area (Å²) < 4.78 is 7.36. The first-order chi connectivity index (χ1) is 11.5. The SMILES string of the molecule is Cc1nn(C)c(C)c1CCNC(=O)/C=C/c1ccc2c(c1)CCO2. The molecule has 2 aromatic rings. The maximum Gasteiger partial charge on any atom is 0.244 e. The average molecular weight is 325 g/mol. The monoisotopic (exact) mass is 325 g/mol. The van der Waals surface area contributed by atoms with Crippen molar-refractivity contribution < 1.29 is 9.53 Å². The molecule has 0 atom stereocenters. The second-order valence-electron chi connectivity index (χ2n) is 6.11. The molecule has 1 aromatic carbocycles. The van der Waals surface area contributed by atoms with Gasteiger partial charge in [0.05, 0.1) is 12.3 Å². The molecule has 5 nitrogen and oxygen atoms in total. The van der Waals surface area contributed by atoms with Crippen LogP contribution in [-0.2, 0) is 24.7 Å². The molecule has 1 aliphatic rings. The van der Waals surface area contributed by atoms with Gasteiger partial charge >= 0.3 is 0 Å². The van der Waals surface area contributed by atoms with Gasteiger partial charge in [-0.2, -0.15) is 5.10 Å². The van der Waals surface area contributed by atoms with Crippen LogP contribution in [-0.4, -0.2) is 28.8 Å². The van der Waals surface area contributed by atoms with E-state index in [4.69, 9.17) is 4.74 Å². The number of rotatable bonds is 5. The van der Waals surface area contributed by atoms with Crippen LogP contribution in [0.2, 0.25) is 0 Å². The molecule has 24 heavy (non-hydrogen) atoms. The number of ether oxygens (including phenoxy) is 1. The number of fused-ring (bicyclic) bond motifs is 1. The van der Waals surface area contributed by atoms with Crippen molar-refractivity contribution in [1.82, 2.24) is 15.1 Å². The fraction of sp³-hybridized carbons (Fsp3) is 0.368. The lowest BCUT2D eigenvalue weighted by atomic mass is 10.1. The maximum atomic E-state index is 12.0. The molecule has 5 heteroatoms. The predicted molar refractivity (Wildman–Crippen MR) is 94.1 cm³/mol. The van der Waals surface area contributed by atoms with Crippen molar-refractivity contribution in [1.29, 1.82) is 0 Å². The van der Waals surface area contributed by atoms with E-state index in [2.05, 4.69) is 23.4 Å². The number of carbonyl (C=O) groups is 1. The molecule has 0 saturated heterocycles. The Kier molecular flexibility index (Phi) is 4.69. The largest absolute Gasteiger partial charge is 0.493 e. The van der Waals surface area contributed by atoms with E-state index >= 15 is 0 Å². The number of carbonyl (C=O) groups excluding carboxylic acids is 1. The number of nitrogens with zero attached hydrogens (tertiary/aromatic N) is 2. The Bertz CT molecular complexity index is 790. The summed E-state index contributed by atoms with van der Waals surface area (Å²) in [5.41, 5.74) is 5.62. The Labute approximate surface area is 142 Å². The van der Waals surface area contributed by atoms with Crippen molar-refractivity contribution in [2.45, 2.75) is 26.7 Å². The first-order valence-corrected chi connectivity index (χ1v) is 8.25. The third kappa shape index (κ3) is 3.50. The molecule has 0 spiro atoms. The second kappa shape index (κ2) is 6.91. The topological polar surface area (TPSA) is 56.2 Å². The van der Waals surface area contributed by atoms with Crippen molar-refractivity contribution in [3.05, 3.63) is 52.4 Å². The molecule has 1 aromatic heterocycles. The molecule has 1 aliphatic heterocycles. The summed E-state index contributed by atoms with van der Waals surface area (Å²) in [5, 5.41) is 7.32. The number of nitrogens with one attached hydrogen (secondary N) is 1. The zero-order valence-corrected chi connectivity index (χ0v) is 14.4. The van der Waals surface area contributed by atoms with Gasteiger partial charge in [0.2, 0.25) is 5.91 Å². The third-order valence-corrected chi connectivity index (χ3v) is 4.47. The summed E-state index contributed by atoms with van der Waals surface area (Å²) in [6, 6.07) is 6.01. The minimum absolute atomic E-state index is 0.0778. The van der Waals surface area contributed by atoms with Gasteiger partial charge < -0.3 is 10.1 Å². The Morgan fingerprint density at radius 2 is 2.25 bits per heavy atom. The lowest BCUT2D eigenvalue weighted by Gasteiger charge is -2.04. The van der Waals surface area contributed by atoms with E-state index in [-0.39, 0.29) is 5.91 Å². The molecule has 126 valence electrons. The van der Waals surface area contributed by atoms with Gasteiger partial charge in [-0.1, -0.05) is 6.07 Å². The summed E-state index contributed by atoms with van der Waals surface area (Å²) in [6.45, 7) is 5.40. The number of hydrogen-bond donors (Lipinski definition) is 1. The summed E-state index contributed by atoms with van der Waals surface area (Å²) in [5.74, 6) is 0.879. The van der Waals surface area contributed by atoms with E-state index in [0.29, 0.717) is 6.54 Å². The lowest BCUT2D eigenvalue weighted by Crippen LogP contribution is -2.23. The van der Waals surface area contributed by atoms with E-state index in [1.54, 1.807) is 6.08 Å². The highest BCUT2D eigenvalue weighted by molar-refractivity contribution is 5.91. The third-order valence-electron chi connectivity index (χ3n) is 4.47. The molecule has 1 N–H and O–H groups in total. The number of amides is 1. The fourth-order valence-electron chi connectivity index (χ4n) is 3.03. The van der Waals surface area contributed by atoms with Crippen molar-refractivity contribution in [2.24, 2.45) is 7.05 Å². The second-order valence-corrected chi connectivity index (χ2v) is 6.11. The molecule has 0 bridgehead atoms. The van der Waals surface area contributed by atoms with Gasteiger partial charge in [-0.3, -0.25) is 9.48 Å². The quantitative estimate of drug-likeness (QED) is 0.859. The fourth-order valence-corrected chi connectivity index (χ4v) is 3.03. The molecule has 0 saturated carbocycles. The number of aromatic nitrogens is 2. The van der Waals surface area contributed by atoms with Crippen LogP contribution in [0.25, 0.3) is 6.08 Å². The van der Waals surface area contributed by atoms with Crippen LogP contribution < -0.4 is 10.1 Å². The molecule has 0 radical (unpaired) electrons. The van der Waals surface area contributed by atoms with E-state index in [1.807, 2.05) is 36.9 Å². The van der Waals surface area contributed by atoms with Crippen molar-refractivity contribution >= 4 is 12.0 Å². The zero-order chi connectivity index (χ0) is 17.1. The van der Waals surface area contributed by atoms with Crippen molar-refractivity contribution in [3.63, 3.8) is 0 Å². The average Bonchev–Trinajstić information content (AvgIpc) is 3.12. The van der Waals surface area contributed by atoms with Crippen LogP contribution in [0.15, 0.2) is 24.3 Å². The minimum Gasteiger partial charge on any atom is -0.493 e. The van der Waals surface area contributed by atoms with E-state index < -0.39 is 0 Å². The van der Waals surface area contributed by atoms with Crippen molar-refractivity contribution in [2.75, 3.05) is 13.2 Å². The predicted octanol–water partition coefficient (Wildman–Crippen LogP) is 2.34. The van der Waals surface area contributed by atoms with E-state index in [0.717, 1.165) is 42.1 Å². The lowest BCUT2D eigenvalue weighted by molar-refractivity contribution is -0.116. The van der Waals surface area contributed by atoms with Crippen LogP contribution in [0.4, 0.5) is 0 Å². The van der Waals surface area contributed by atoms with Crippen LogP contribution in [0, 0.1) is 13.8 Å². The minimum atomic E-state index is -0.0778. The van der Waals surface area contributed by atoms with Gasteiger partial charge in [0.25, 0.3) is 0 Å². The summed E-state index contributed by atoms with van der Waals surface area (Å²) in [6.07, 6.45) is 5.16. The Hall–Kier alpha value is -2.56. The van der Waals surface area contributed by atoms with Crippen LogP contribution in [0.1, 0.15) is 28.1 Å². The Balaban J connectivity index is 1.52. The van der Waals surface area contributed by atoms with Gasteiger partial charge in [0, 0.05) is 31.8 Å². The number of aryl methyl sites for hydroxylation is 2. The summed E-state index contributed by atoms with van der Waals surface area (Å²) in [4.78, 5) is 12.0. The van der Waals surface area contributed by atoms with Crippen LogP contribution in [0.3, 0.4) is 0 Å². The number of hydrogen-bond acceptors (Lipinski definition) is 3. The molecular formula is C19H23N3O2. The van der Waals surface area contributed by atoms with Gasteiger partial charge in [0.1, 0.15) is 5.75 Å². The summed E-state index contributed by atoms with van der Waals surface area (Å²) in [7, 11) is 1.94. The van der Waals surface area contributed by atoms with Gasteiger partial charge in [-0.15, -0.1) is 0 Å². The molecule has 2 heterocycles. The van der Waals surface area contributed by atoms with E-state index in [1.165, 1.54) is 11.1 Å². The Morgan fingerprint density at radius 1 is 1.42 bits per heavy atom. The maximum absolute atomic E-state index is 12.0. The normalized spacial score (nSPS) is 13.1. The molecule has 1 amide bonds.